The van der Waals surface area contributed by atoms with Crippen molar-refractivity contribution in [2.75, 3.05) is 0 Å². The highest BCUT2D eigenvalue weighted by molar-refractivity contribution is 7.13. The van der Waals surface area contributed by atoms with Crippen LogP contribution in [-0.4, -0.2) is 14.9 Å². The SMILES string of the molecule is CCCc1cc(-c2nc(-c3cccc([N+](=O)[O-])c3)cs2)ccn1. The number of hydrogen-bond acceptors (Lipinski definition) is 5. The van der Waals surface area contributed by atoms with Crippen LogP contribution < -0.4 is 0 Å². The molecular formula is C17H15N3O2S. The number of pyridine rings is 1. The fraction of sp³-hybridized carbons (Fsp3) is 0.176. The molecule has 0 bridgehead atoms. The first-order valence-electron chi connectivity index (χ1n) is 7.33. The highest BCUT2D eigenvalue weighted by Crippen LogP contribution is 2.30. The molecule has 23 heavy (non-hydrogen) atoms. The van der Waals surface area contributed by atoms with Gasteiger partial charge in [0.05, 0.1) is 10.6 Å². The Morgan fingerprint density at radius 2 is 2.09 bits per heavy atom. The fourth-order valence-electron chi connectivity index (χ4n) is 2.32. The first-order chi connectivity index (χ1) is 11.2. The van der Waals surface area contributed by atoms with Crippen molar-refractivity contribution in [2.24, 2.45) is 0 Å². The lowest BCUT2D eigenvalue weighted by Crippen LogP contribution is -1.89. The highest BCUT2D eigenvalue weighted by Gasteiger charge is 2.11. The molecule has 0 aliphatic rings. The van der Waals surface area contributed by atoms with Gasteiger partial charge >= 0.3 is 0 Å². The quantitative estimate of drug-likeness (QED) is 0.502. The highest BCUT2D eigenvalue weighted by atomic mass is 32.1. The van der Waals surface area contributed by atoms with Gasteiger partial charge in [-0.2, -0.15) is 0 Å². The number of benzene rings is 1. The van der Waals surface area contributed by atoms with Gasteiger partial charge in [0, 0.05) is 40.5 Å². The molecule has 3 aromatic rings. The van der Waals surface area contributed by atoms with E-state index in [4.69, 9.17) is 0 Å². The second kappa shape index (κ2) is 6.66. The number of rotatable bonds is 5. The van der Waals surface area contributed by atoms with Crippen molar-refractivity contribution in [1.29, 1.82) is 0 Å². The second-order valence-electron chi connectivity index (χ2n) is 5.13. The van der Waals surface area contributed by atoms with Crippen LogP contribution in [0.15, 0.2) is 48.0 Å². The molecule has 0 saturated carbocycles. The van der Waals surface area contributed by atoms with Gasteiger partial charge in [-0.3, -0.25) is 15.1 Å². The number of nitro benzene ring substituents is 1. The van der Waals surface area contributed by atoms with Crippen molar-refractivity contribution in [3.63, 3.8) is 0 Å². The minimum Gasteiger partial charge on any atom is -0.261 e. The summed E-state index contributed by atoms with van der Waals surface area (Å²) in [6.45, 7) is 2.12. The number of nitro groups is 1. The molecule has 1 aromatic carbocycles. The van der Waals surface area contributed by atoms with Gasteiger partial charge in [0.1, 0.15) is 5.01 Å². The summed E-state index contributed by atoms with van der Waals surface area (Å²) in [4.78, 5) is 19.5. The summed E-state index contributed by atoms with van der Waals surface area (Å²) >= 11 is 1.53. The van der Waals surface area contributed by atoms with Crippen molar-refractivity contribution in [1.82, 2.24) is 9.97 Å². The monoisotopic (exact) mass is 325 g/mol. The van der Waals surface area contributed by atoms with Crippen molar-refractivity contribution in [3.05, 3.63) is 63.8 Å². The summed E-state index contributed by atoms with van der Waals surface area (Å²) in [5.41, 5.74) is 3.67. The molecule has 0 spiro atoms. The number of hydrogen-bond donors (Lipinski definition) is 0. The van der Waals surface area contributed by atoms with Gasteiger partial charge < -0.3 is 0 Å². The molecule has 0 fully saturated rings. The molecule has 0 amide bonds. The molecule has 0 radical (unpaired) electrons. The van der Waals surface area contributed by atoms with Crippen molar-refractivity contribution in [3.8, 4) is 21.8 Å². The van der Waals surface area contributed by atoms with Gasteiger partial charge in [0.2, 0.25) is 0 Å². The molecule has 3 rings (SSSR count). The van der Waals surface area contributed by atoms with Crippen LogP contribution in [0.1, 0.15) is 19.0 Å². The Kier molecular flexibility index (Phi) is 4.43. The lowest BCUT2D eigenvalue weighted by atomic mass is 10.1. The van der Waals surface area contributed by atoms with E-state index in [2.05, 4.69) is 23.0 Å². The molecule has 5 nitrogen and oxygen atoms in total. The van der Waals surface area contributed by atoms with Gasteiger partial charge in [0.15, 0.2) is 0 Å². The summed E-state index contributed by atoms with van der Waals surface area (Å²) in [6, 6.07) is 10.5. The summed E-state index contributed by atoms with van der Waals surface area (Å²) in [7, 11) is 0. The number of nitrogens with zero attached hydrogens (tertiary/aromatic N) is 3. The Morgan fingerprint density at radius 3 is 2.87 bits per heavy atom. The fourth-order valence-corrected chi connectivity index (χ4v) is 3.15. The van der Waals surface area contributed by atoms with E-state index < -0.39 is 4.92 Å². The maximum atomic E-state index is 10.9. The lowest BCUT2D eigenvalue weighted by molar-refractivity contribution is -0.384. The van der Waals surface area contributed by atoms with E-state index in [1.54, 1.807) is 18.3 Å². The molecule has 116 valence electrons. The van der Waals surface area contributed by atoms with Gasteiger partial charge in [-0.25, -0.2) is 4.98 Å². The van der Waals surface area contributed by atoms with Crippen LogP contribution in [0.4, 0.5) is 5.69 Å². The van der Waals surface area contributed by atoms with Gasteiger partial charge in [-0.05, 0) is 18.6 Å². The van der Waals surface area contributed by atoms with E-state index in [0.29, 0.717) is 0 Å². The maximum absolute atomic E-state index is 10.9. The number of thiazole rings is 1. The molecule has 0 aliphatic heterocycles. The van der Waals surface area contributed by atoms with Crippen LogP contribution in [0.2, 0.25) is 0 Å². The van der Waals surface area contributed by atoms with Gasteiger partial charge in [-0.1, -0.05) is 25.5 Å². The Hall–Kier alpha value is -2.60. The number of aromatic nitrogens is 2. The smallest absolute Gasteiger partial charge is 0.261 e. The molecule has 0 saturated heterocycles. The third kappa shape index (κ3) is 3.43. The normalized spacial score (nSPS) is 10.7. The summed E-state index contributed by atoms with van der Waals surface area (Å²) in [5, 5.41) is 13.7. The van der Waals surface area contributed by atoms with Crippen LogP contribution in [-0.2, 0) is 6.42 Å². The van der Waals surface area contributed by atoms with Crippen LogP contribution in [0, 0.1) is 10.1 Å². The van der Waals surface area contributed by atoms with E-state index in [-0.39, 0.29) is 5.69 Å². The minimum atomic E-state index is -0.392. The van der Waals surface area contributed by atoms with E-state index in [9.17, 15) is 10.1 Å². The van der Waals surface area contributed by atoms with Crippen molar-refractivity contribution < 1.29 is 4.92 Å². The molecular weight excluding hydrogens is 310 g/mol. The summed E-state index contributed by atoms with van der Waals surface area (Å²) < 4.78 is 0. The number of aryl methyl sites for hydroxylation is 1. The lowest BCUT2D eigenvalue weighted by Gasteiger charge is -2.01. The topological polar surface area (TPSA) is 68.9 Å². The maximum Gasteiger partial charge on any atom is 0.270 e. The molecule has 2 heterocycles. The van der Waals surface area contributed by atoms with Crippen LogP contribution in [0.3, 0.4) is 0 Å². The molecule has 0 N–H and O–H groups in total. The Labute approximate surface area is 137 Å². The van der Waals surface area contributed by atoms with E-state index in [0.717, 1.165) is 40.4 Å². The summed E-state index contributed by atoms with van der Waals surface area (Å²) in [5.74, 6) is 0. The molecule has 6 heteroatoms. The Bertz CT molecular complexity index is 845. The van der Waals surface area contributed by atoms with E-state index >= 15 is 0 Å². The van der Waals surface area contributed by atoms with E-state index in [1.165, 1.54) is 17.4 Å². The van der Waals surface area contributed by atoms with E-state index in [1.807, 2.05) is 17.5 Å². The Morgan fingerprint density at radius 1 is 1.22 bits per heavy atom. The zero-order chi connectivity index (χ0) is 16.2. The molecule has 0 unspecified atom stereocenters. The van der Waals surface area contributed by atoms with Crippen LogP contribution in [0.25, 0.3) is 21.8 Å². The molecule has 0 atom stereocenters. The molecule has 0 aliphatic carbocycles. The predicted octanol–water partition coefficient (Wildman–Crippen LogP) is 4.73. The van der Waals surface area contributed by atoms with Crippen LogP contribution in [0.5, 0.6) is 0 Å². The first kappa shape index (κ1) is 15.3. The third-order valence-corrected chi connectivity index (χ3v) is 4.32. The number of non-ortho nitro benzene ring substituents is 1. The van der Waals surface area contributed by atoms with Gasteiger partial charge in [-0.15, -0.1) is 11.3 Å². The average Bonchev–Trinajstić information content (AvgIpc) is 3.06. The zero-order valence-corrected chi connectivity index (χ0v) is 13.4. The van der Waals surface area contributed by atoms with Crippen molar-refractivity contribution in [2.45, 2.75) is 19.8 Å². The predicted molar refractivity (Wildman–Crippen MR) is 91.4 cm³/mol. The zero-order valence-electron chi connectivity index (χ0n) is 12.6. The summed E-state index contributed by atoms with van der Waals surface area (Å²) in [6.07, 6.45) is 3.79. The van der Waals surface area contributed by atoms with Crippen molar-refractivity contribution >= 4 is 17.0 Å². The second-order valence-corrected chi connectivity index (χ2v) is 5.99. The largest absolute Gasteiger partial charge is 0.270 e. The molecule has 2 aromatic heterocycles. The average molecular weight is 325 g/mol. The first-order valence-corrected chi connectivity index (χ1v) is 8.21. The Balaban J connectivity index is 1.93. The van der Waals surface area contributed by atoms with Gasteiger partial charge in [0.25, 0.3) is 5.69 Å². The van der Waals surface area contributed by atoms with Crippen LogP contribution >= 0.6 is 11.3 Å². The standard InChI is InChI=1S/C17H15N3O2S/c1-2-4-14-9-13(7-8-18-14)17-19-16(11-23-17)12-5-3-6-15(10-12)20(21)22/h3,5-11H,2,4H2,1H3. The minimum absolute atomic E-state index is 0.0752. The third-order valence-electron chi connectivity index (χ3n) is 3.43.